The lowest BCUT2D eigenvalue weighted by Crippen LogP contribution is -2.45. The zero-order valence-electron chi connectivity index (χ0n) is 23.7. The van der Waals surface area contributed by atoms with Crippen LogP contribution < -0.4 is 14.7 Å². The maximum atomic E-state index is 14.0. The highest BCUT2D eigenvalue weighted by atomic mass is 16.3. The third-order valence-corrected chi connectivity index (χ3v) is 9.14. The van der Waals surface area contributed by atoms with Gasteiger partial charge in [-0.2, -0.15) is 0 Å². The van der Waals surface area contributed by atoms with Crippen LogP contribution in [0.5, 0.6) is 0 Å². The van der Waals surface area contributed by atoms with E-state index in [4.69, 9.17) is 0 Å². The molecular formula is C32H36N4O6. The number of rotatable bonds is 9. The summed E-state index contributed by atoms with van der Waals surface area (Å²) in [6, 6.07) is 12.6. The van der Waals surface area contributed by atoms with Crippen LogP contribution in [0.1, 0.15) is 50.2 Å². The van der Waals surface area contributed by atoms with Crippen LogP contribution in [-0.4, -0.2) is 71.0 Å². The fourth-order valence-corrected chi connectivity index (χ4v) is 6.38. The predicted octanol–water partition coefficient (Wildman–Crippen LogP) is 2.46. The van der Waals surface area contributed by atoms with E-state index in [1.165, 1.54) is 0 Å². The summed E-state index contributed by atoms with van der Waals surface area (Å²) in [5, 5.41) is 21.7. The highest BCUT2D eigenvalue weighted by molar-refractivity contribution is 6.08. The second kappa shape index (κ2) is 11.0. The number of likely N-dealkylation sites (tertiary alicyclic amines) is 1. The summed E-state index contributed by atoms with van der Waals surface area (Å²) >= 11 is 0. The molecule has 10 nitrogen and oxygen atoms in total. The number of fused-ring (bicyclic) bond motifs is 1. The monoisotopic (exact) mass is 572 g/mol. The molecule has 0 aliphatic carbocycles. The summed E-state index contributed by atoms with van der Waals surface area (Å²) < 4.78 is 0. The average Bonchev–Trinajstić information content (AvgIpc) is 3.54. The number of carbonyl (C=O) groups is 4. The topological polar surface area (TPSA) is 122 Å². The van der Waals surface area contributed by atoms with Crippen LogP contribution in [0, 0.1) is 5.92 Å². The van der Waals surface area contributed by atoms with Crippen LogP contribution in [0.3, 0.4) is 0 Å². The van der Waals surface area contributed by atoms with Crippen LogP contribution in [-0.2, 0) is 31.3 Å². The van der Waals surface area contributed by atoms with Crippen LogP contribution in [0.25, 0.3) is 0 Å². The number of benzene rings is 2. The van der Waals surface area contributed by atoms with Gasteiger partial charge in [0.15, 0.2) is 5.60 Å². The zero-order valence-corrected chi connectivity index (χ0v) is 23.7. The summed E-state index contributed by atoms with van der Waals surface area (Å²) in [7, 11) is 0. The van der Waals surface area contributed by atoms with Gasteiger partial charge in [-0.15, -0.1) is 0 Å². The van der Waals surface area contributed by atoms with Crippen molar-refractivity contribution in [1.29, 1.82) is 0 Å². The molecule has 0 saturated carbocycles. The summed E-state index contributed by atoms with van der Waals surface area (Å²) in [5.74, 6) is -1.16. The molecule has 4 aliphatic rings. The zero-order chi connectivity index (χ0) is 29.6. The van der Waals surface area contributed by atoms with Gasteiger partial charge >= 0.3 is 0 Å². The van der Waals surface area contributed by atoms with E-state index in [0.717, 1.165) is 24.1 Å². The van der Waals surface area contributed by atoms with Gasteiger partial charge in [0.25, 0.3) is 5.91 Å². The van der Waals surface area contributed by atoms with Crippen molar-refractivity contribution < 1.29 is 29.4 Å². The molecule has 0 bridgehead atoms. The van der Waals surface area contributed by atoms with Crippen LogP contribution in [0.2, 0.25) is 0 Å². The van der Waals surface area contributed by atoms with E-state index in [1.54, 1.807) is 56.9 Å². The molecule has 0 unspecified atom stereocenters. The number of hydrogen-bond donors (Lipinski definition) is 2. The van der Waals surface area contributed by atoms with E-state index in [2.05, 4.69) is 0 Å². The molecule has 2 aromatic rings. The number of anilines is 3. The maximum absolute atomic E-state index is 14.0. The van der Waals surface area contributed by atoms with Crippen molar-refractivity contribution in [3.05, 3.63) is 65.7 Å². The standard InChI is InChI=1S/C32H36N4O6/c1-21(4-2-6-28(38)33-15-3-5-25(33)20-37)32(42)26-18-24(35-17-14-30(35)40)11-12-27(26)36(31(32)41)19-22-7-9-23(10-8-22)34-16-13-29(34)39/h2,4,7-12,18,21,25,37,42H,3,5-6,13-17,19-20H2,1H3/b4-2+/t21-,25-,32+/m0/s1. The van der Waals surface area contributed by atoms with Crippen LogP contribution in [0.4, 0.5) is 17.1 Å². The third kappa shape index (κ3) is 4.68. The lowest BCUT2D eigenvalue weighted by Gasteiger charge is -2.32. The van der Waals surface area contributed by atoms with Crippen molar-refractivity contribution in [3.63, 3.8) is 0 Å². The summed E-state index contributed by atoms with van der Waals surface area (Å²) in [4.78, 5) is 57.4. The minimum Gasteiger partial charge on any atom is -0.394 e. The van der Waals surface area contributed by atoms with Crippen molar-refractivity contribution in [2.24, 2.45) is 5.92 Å². The molecule has 42 heavy (non-hydrogen) atoms. The largest absolute Gasteiger partial charge is 0.394 e. The van der Waals surface area contributed by atoms with Gasteiger partial charge < -0.3 is 29.8 Å². The first kappa shape index (κ1) is 28.1. The van der Waals surface area contributed by atoms with Gasteiger partial charge in [0.2, 0.25) is 17.7 Å². The number of carbonyl (C=O) groups excluding carboxylic acids is 4. The van der Waals surface area contributed by atoms with Gasteiger partial charge in [-0.3, -0.25) is 19.2 Å². The van der Waals surface area contributed by atoms with Crippen molar-refractivity contribution in [3.8, 4) is 0 Å². The van der Waals surface area contributed by atoms with E-state index in [-0.39, 0.29) is 43.3 Å². The first-order valence-electron chi connectivity index (χ1n) is 14.7. The smallest absolute Gasteiger partial charge is 0.264 e. The summed E-state index contributed by atoms with van der Waals surface area (Å²) in [5.41, 5.74) is 1.39. The Bertz CT molecular complexity index is 1460. The molecule has 3 saturated heterocycles. The molecule has 4 aliphatic heterocycles. The van der Waals surface area contributed by atoms with E-state index < -0.39 is 17.4 Å². The Morgan fingerprint density at radius 2 is 1.67 bits per heavy atom. The van der Waals surface area contributed by atoms with Crippen LogP contribution >= 0.6 is 0 Å². The van der Waals surface area contributed by atoms with Gasteiger partial charge in [-0.25, -0.2) is 0 Å². The van der Waals surface area contributed by atoms with Gasteiger partial charge in [-0.1, -0.05) is 31.2 Å². The van der Waals surface area contributed by atoms with E-state index in [0.29, 0.717) is 49.4 Å². The molecule has 3 atom stereocenters. The molecule has 4 amide bonds. The number of amides is 4. The molecule has 220 valence electrons. The second-order valence-corrected chi connectivity index (χ2v) is 11.6. The number of β-lactam (4-membered cyclic amide) rings is 2. The maximum Gasteiger partial charge on any atom is 0.264 e. The fraction of sp³-hybridized carbons (Fsp3) is 0.438. The molecule has 2 N–H and O–H groups in total. The molecule has 10 heteroatoms. The Kier molecular flexibility index (Phi) is 7.36. The molecule has 0 spiro atoms. The van der Waals surface area contributed by atoms with Gasteiger partial charge in [0.05, 0.1) is 24.9 Å². The van der Waals surface area contributed by atoms with E-state index >= 15 is 0 Å². The first-order valence-corrected chi connectivity index (χ1v) is 14.7. The number of aliphatic hydroxyl groups excluding tert-OH is 1. The first-order chi connectivity index (χ1) is 20.2. The SMILES string of the molecule is C[C@@H](/C=C/CC(=O)N1CCC[C@H]1CO)[C@]1(O)C(=O)N(Cc2ccc(N3CCC3=O)cc2)c2ccc(N3CCC3=O)cc21. The minimum atomic E-state index is -1.90. The van der Waals surface area contributed by atoms with Gasteiger partial charge in [0.1, 0.15) is 0 Å². The Hall–Kier alpha value is -4.02. The molecule has 3 fully saturated rings. The predicted molar refractivity (Wildman–Crippen MR) is 157 cm³/mol. The third-order valence-electron chi connectivity index (χ3n) is 9.14. The van der Waals surface area contributed by atoms with Crippen molar-refractivity contribution in [2.45, 2.75) is 57.2 Å². The normalized spacial score (nSPS) is 24.4. The van der Waals surface area contributed by atoms with E-state index in [1.807, 2.05) is 24.3 Å². The molecule has 0 radical (unpaired) electrons. The lowest BCUT2D eigenvalue weighted by atomic mass is 9.82. The quantitative estimate of drug-likeness (QED) is 0.352. The molecule has 6 rings (SSSR count). The second-order valence-electron chi connectivity index (χ2n) is 11.6. The van der Waals surface area contributed by atoms with E-state index in [9.17, 15) is 29.4 Å². The lowest BCUT2D eigenvalue weighted by molar-refractivity contribution is -0.139. The number of aliphatic hydroxyl groups is 2. The molecule has 2 aromatic carbocycles. The Labute approximate surface area is 244 Å². The van der Waals surface area contributed by atoms with Crippen molar-refractivity contribution >= 4 is 40.7 Å². The fourth-order valence-electron chi connectivity index (χ4n) is 6.38. The van der Waals surface area contributed by atoms with Gasteiger partial charge in [0, 0.05) is 61.8 Å². The molecular weight excluding hydrogens is 536 g/mol. The average molecular weight is 573 g/mol. The summed E-state index contributed by atoms with van der Waals surface area (Å²) in [6.45, 7) is 3.81. The number of hydrogen-bond acceptors (Lipinski definition) is 6. The highest BCUT2D eigenvalue weighted by Crippen LogP contribution is 2.47. The Morgan fingerprint density at radius 1 is 1.00 bits per heavy atom. The van der Waals surface area contributed by atoms with Crippen molar-refractivity contribution in [2.75, 3.05) is 40.9 Å². The number of nitrogens with zero attached hydrogens (tertiary/aromatic N) is 4. The Balaban J connectivity index is 1.25. The van der Waals surface area contributed by atoms with Gasteiger partial charge in [-0.05, 0) is 48.7 Å². The molecule has 4 heterocycles. The minimum absolute atomic E-state index is 0.00463. The Morgan fingerprint density at radius 3 is 2.29 bits per heavy atom. The highest BCUT2D eigenvalue weighted by Gasteiger charge is 2.53. The molecule has 0 aromatic heterocycles. The summed E-state index contributed by atoms with van der Waals surface area (Å²) in [6.07, 6.45) is 6.15. The van der Waals surface area contributed by atoms with Crippen LogP contribution in [0.15, 0.2) is 54.6 Å². The van der Waals surface area contributed by atoms with Crippen molar-refractivity contribution in [1.82, 2.24) is 4.90 Å².